The lowest BCUT2D eigenvalue weighted by Crippen LogP contribution is -2.31. The summed E-state index contributed by atoms with van der Waals surface area (Å²) >= 11 is 1.61. The molecule has 0 saturated carbocycles. The van der Waals surface area contributed by atoms with Crippen molar-refractivity contribution in [2.24, 2.45) is 11.7 Å². The average molecular weight is 283 g/mol. The number of hydrogen-bond donors (Lipinski definition) is 1. The Morgan fingerprint density at radius 2 is 2.16 bits per heavy atom. The van der Waals surface area contributed by atoms with Gasteiger partial charge in [0, 0.05) is 23.9 Å². The average Bonchev–Trinajstić information content (AvgIpc) is 2.73. The topological polar surface area (TPSA) is 59.2 Å². The third-order valence-electron chi connectivity index (χ3n) is 3.32. The molecule has 2 atom stereocenters. The monoisotopic (exact) mass is 283 g/mol. The van der Waals surface area contributed by atoms with E-state index in [4.69, 9.17) is 5.73 Å². The molecule has 1 aromatic heterocycles. The van der Waals surface area contributed by atoms with Crippen molar-refractivity contribution in [2.75, 3.05) is 7.05 Å². The van der Waals surface area contributed by atoms with Crippen LogP contribution in [0.1, 0.15) is 43.7 Å². The molecular formula is C14H25N3OS. The van der Waals surface area contributed by atoms with Crippen LogP contribution in [-0.2, 0) is 11.3 Å². The highest BCUT2D eigenvalue weighted by molar-refractivity contribution is 7.09. The van der Waals surface area contributed by atoms with Gasteiger partial charge in [0.1, 0.15) is 0 Å². The van der Waals surface area contributed by atoms with E-state index in [1.807, 2.05) is 33.3 Å². The van der Waals surface area contributed by atoms with Gasteiger partial charge >= 0.3 is 0 Å². The van der Waals surface area contributed by atoms with Crippen molar-refractivity contribution in [3.05, 3.63) is 16.1 Å². The maximum atomic E-state index is 12.2. The number of rotatable bonds is 7. The second kappa shape index (κ2) is 7.60. The molecule has 1 rings (SSSR count). The Morgan fingerprint density at radius 1 is 1.47 bits per heavy atom. The second-order valence-corrected chi connectivity index (χ2v) is 6.30. The summed E-state index contributed by atoms with van der Waals surface area (Å²) in [6.45, 7) is 6.65. The first-order chi connectivity index (χ1) is 8.91. The van der Waals surface area contributed by atoms with E-state index in [-0.39, 0.29) is 17.9 Å². The summed E-state index contributed by atoms with van der Waals surface area (Å²) in [4.78, 5) is 19.4. The van der Waals surface area contributed by atoms with Gasteiger partial charge in [-0.1, -0.05) is 13.3 Å². The van der Waals surface area contributed by atoms with Crippen molar-refractivity contribution < 1.29 is 4.79 Å². The summed E-state index contributed by atoms with van der Waals surface area (Å²) in [6.07, 6.45) is 2.90. The summed E-state index contributed by atoms with van der Waals surface area (Å²) in [7, 11) is 1.86. The Morgan fingerprint density at radius 3 is 2.68 bits per heavy atom. The van der Waals surface area contributed by atoms with E-state index in [9.17, 15) is 4.79 Å². The van der Waals surface area contributed by atoms with Gasteiger partial charge in [0.2, 0.25) is 5.91 Å². The van der Waals surface area contributed by atoms with E-state index >= 15 is 0 Å². The Labute approximate surface area is 120 Å². The Hall–Kier alpha value is -0.940. The third-order valence-corrected chi connectivity index (χ3v) is 4.24. The van der Waals surface area contributed by atoms with Crippen molar-refractivity contribution in [2.45, 2.75) is 52.6 Å². The molecule has 1 aromatic rings. The zero-order valence-electron chi connectivity index (χ0n) is 12.3. The number of hydrogen-bond acceptors (Lipinski definition) is 4. The summed E-state index contributed by atoms with van der Waals surface area (Å²) in [5.41, 5.74) is 8.57. The van der Waals surface area contributed by atoms with Crippen LogP contribution in [0.2, 0.25) is 0 Å². The minimum absolute atomic E-state index is 0.0666. The van der Waals surface area contributed by atoms with Crippen molar-refractivity contribution >= 4 is 17.2 Å². The van der Waals surface area contributed by atoms with Crippen LogP contribution in [0.15, 0.2) is 5.51 Å². The molecule has 2 unspecified atom stereocenters. The molecule has 1 heterocycles. The van der Waals surface area contributed by atoms with Gasteiger partial charge < -0.3 is 10.6 Å². The number of nitrogens with zero attached hydrogens (tertiary/aromatic N) is 2. The molecule has 0 aromatic carbocycles. The molecule has 1 amide bonds. The van der Waals surface area contributed by atoms with Gasteiger partial charge in [-0.25, -0.2) is 4.98 Å². The van der Waals surface area contributed by atoms with Crippen LogP contribution in [0.4, 0.5) is 0 Å². The number of nitrogens with two attached hydrogens (primary N) is 1. The number of amides is 1. The lowest BCUT2D eigenvalue weighted by atomic mass is 10.0. The van der Waals surface area contributed by atoms with Crippen LogP contribution in [0.3, 0.4) is 0 Å². The first-order valence-corrected chi connectivity index (χ1v) is 7.69. The van der Waals surface area contributed by atoms with Crippen molar-refractivity contribution in [1.82, 2.24) is 9.88 Å². The minimum Gasteiger partial charge on any atom is -0.340 e. The van der Waals surface area contributed by atoms with Crippen molar-refractivity contribution in [3.8, 4) is 0 Å². The fourth-order valence-electron chi connectivity index (χ4n) is 2.02. The molecule has 4 nitrogen and oxygen atoms in total. The molecule has 0 radical (unpaired) electrons. The van der Waals surface area contributed by atoms with E-state index in [0.717, 1.165) is 25.0 Å². The smallest absolute Gasteiger partial charge is 0.225 e. The van der Waals surface area contributed by atoms with Gasteiger partial charge in [-0.15, -0.1) is 11.3 Å². The number of carbonyl (C=O) groups is 1. The molecule has 19 heavy (non-hydrogen) atoms. The van der Waals surface area contributed by atoms with Crippen LogP contribution in [0, 0.1) is 12.8 Å². The maximum Gasteiger partial charge on any atom is 0.225 e. The van der Waals surface area contributed by atoms with E-state index < -0.39 is 0 Å². The van der Waals surface area contributed by atoms with Gasteiger partial charge in [0.15, 0.2) is 0 Å². The SMILES string of the molecule is Cc1ncsc1CN(C)C(=O)C(C)CCCC(C)N. The van der Waals surface area contributed by atoms with E-state index in [1.54, 1.807) is 16.2 Å². The molecule has 0 bridgehead atoms. The van der Waals surface area contributed by atoms with Crippen molar-refractivity contribution in [1.29, 1.82) is 0 Å². The first-order valence-electron chi connectivity index (χ1n) is 6.81. The van der Waals surface area contributed by atoms with Crippen LogP contribution < -0.4 is 5.73 Å². The molecule has 0 aliphatic rings. The molecular weight excluding hydrogens is 258 g/mol. The third kappa shape index (κ3) is 5.28. The zero-order chi connectivity index (χ0) is 14.4. The molecule has 5 heteroatoms. The molecule has 108 valence electrons. The fourth-order valence-corrected chi connectivity index (χ4v) is 2.85. The minimum atomic E-state index is 0.0666. The highest BCUT2D eigenvalue weighted by Gasteiger charge is 2.18. The maximum absolute atomic E-state index is 12.2. The second-order valence-electron chi connectivity index (χ2n) is 5.36. The van der Waals surface area contributed by atoms with E-state index in [2.05, 4.69) is 4.98 Å². The van der Waals surface area contributed by atoms with Crippen LogP contribution in [-0.4, -0.2) is 28.9 Å². The lowest BCUT2D eigenvalue weighted by Gasteiger charge is -2.21. The standard InChI is InChI=1S/C14H25N3OS/c1-10(6-5-7-11(2)15)14(18)17(4)8-13-12(3)16-9-19-13/h9-11H,5-8,15H2,1-4H3. The highest BCUT2D eigenvalue weighted by Crippen LogP contribution is 2.17. The van der Waals surface area contributed by atoms with E-state index in [1.165, 1.54) is 4.88 Å². The van der Waals surface area contributed by atoms with Gasteiger partial charge in [0.05, 0.1) is 17.7 Å². The largest absolute Gasteiger partial charge is 0.340 e. The molecule has 0 aliphatic heterocycles. The zero-order valence-corrected chi connectivity index (χ0v) is 13.2. The van der Waals surface area contributed by atoms with Crippen LogP contribution >= 0.6 is 11.3 Å². The summed E-state index contributed by atoms with van der Waals surface area (Å²) in [5.74, 6) is 0.273. The molecule has 2 N–H and O–H groups in total. The van der Waals surface area contributed by atoms with Gasteiger partial charge in [0.25, 0.3) is 0 Å². The normalized spacial score (nSPS) is 14.2. The van der Waals surface area contributed by atoms with Gasteiger partial charge in [-0.05, 0) is 26.7 Å². The van der Waals surface area contributed by atoms with Crippen LogP contribution in [0.5, 0.6) is 0 Å². The number of thiazole rings is 1. The van der Waals surface area contributed by atoms with Gasteiger partial charge in [-0.3, -0.25) is 4.79 Å². The number of aryl methyl sites for hydroxylation is 1. The Balaban J connectivity index is 2.41. The number of carbonyl (C=O) groups excluding carboxylic acids is 1. The lowest BCUT2D eigenvalue weighted by molar-refractivity contribution is -0.134. The quantitative estimate of drug-likeness (QED) is 0.836. The van der Waals surface area contributed by atoms with Crippen LogP contribution in [0.25, 0.3) is 0 Å². The van der Waals surface area contributed by atoms with Crippen molar-refractivity contribution in [3.63, 3.8) is 0 Å². The predicted molar refractivity (Wildman–Crippen MR) is 80.0 cm³/mol. The number of aromatic nitrogens is 1. The molecule has 0 fully saturated rings. The Bertz CT molecular complexity index is 403. The summed E-state index contributed by atoms with van der Waals surface area (Å²) in [5, 5.41) is 0. The highest BCUT2D eigenvalue weighted by atomic mass is 32.1. The molecule has 0 spiro atoms. The fraction of sp³-hybridized carbons (Fsp3) is 0.714. The van der Waals surface area contributed by atoms with E-state index in [0.29, 0.717) is 6.54 Å². The molecule has 0 aliphatic carbocycles. The molecule has 0 saturated heterocycles. The summed E-state index contributed by atoms with van der Waals surface area (Å²) in [6, 6.07) is 0.222. The summed E-state index contributed by atoms with van der Waals surface area (Å²) < 4.78 is 0. The Kier molecular flexibility index (Phi) is 6.45. The predicted octanol–water partition coefficient (Wildman–Crippen LogP) is 2.56. The first kappa shape index (κ1) is 16.1. The van der Waals surface area contributed by atoms with Gasteiger partial charge in [-0.2, -0.15) is 0 Å².